The molecule has 2 aliphatic rings. The monoisotopic (exact) mass is 454 g/mol. The maximum absolute atomic E-state index is 12.4. The van der Waals surface area contributed by atoms with Crippen LogP contribution in [-0.2, 0) is 16.0 Å². The average Bonchev–Trinajstić information content (AvgIpc) is 3.23. The lowest BCUT2D eigenvalue weighted by Gasteiger charge is -2.15. The summed E-state index contributed by atoms with van der Waals surface area (Å²) in [5, 5.41) is 31.7. The van der Waals surface area contributed by atoms with Gasteiger partial charge in [-0.05, 0) is 28.6 Å². The van der Waals surface area contributed by atoms with Crippen molar-refractivity contribution < 1.29 is 24.3 Å². The average molecular weight is 454 g/mol. The molecule has 1 aliphatic carbocycles. The minimum Gasteiger partial charge on any atom is -0.483 e. The lowest BCUT2D eigenvalue weighted by atomic mass is 9.95. The second kappa shape index (κ2) is 9.41. The van der Waals surface area contributed by atoms with Crippen molar-refractivity contribution in [1.29, 1.82) is 0 Å². The van der Waals surface area contributed by atoms with E-state index in [1.54, 1.807) is 19.2 Å². The third-order valence-corrected chi connectivity index (χ3v) is 6.43. The molecule has 4 N–H and O–H groups in total. The van der Waals surface area contributed by atoms with Crippen molar-refractivity contribution in [3.05, 3.63) is 59.7 Å². The maximum Gasteiger partial charge on any atom is 0.290 e. The van der Waals surface area contributed by atoms with Gasteiger partial charge in [0, 0.05) is 43.9 Å². The van der Waals surface area contributed by atoms with E-state index in [2.05, 4.69) is 37.8 Å². The molecular formula is C22H26N6O5. The van der Waals surface area contributed by atoms with Crippen molar-refractivity contribution in [2.75, 3.05) is 24.5 Å². The van der Waals surface area contributed by atoms with Crippen molar-refractivity contribution in [2.24, 2.45) is 11.3 Å². The molecule has 1 spiro atoms. The Balaban J connectivity index is 0.000000821. The molecule has 2 fully saturated rings. The van der Waals surface area contributed by atoms with Crippen molar-refractivity contribution in [3.8, 4) is 0 Å². The Morgan fingerprint density at radius 3 is 2.76 bits per heavy atom. The summed E-state index contributed by atoms with van der Waals surface area (Å²) in [5.41, 5.74) is 1.60. The van der Waals surface area contributed by atoms with E-state index < -0.39 is 6.10 Å². The molecule has 1 aromatic carbocycles. The summed E-state index contributed by atoms with van der Waals surface area (Å²) in [5.74, 6) is 1.21. The number of β-amino-alcohol motifs (C(OH)–C–C–N with tert-alkyl or cyclic N) is 1. The fourth-order valence-corrected chi connectivity index (χ4v) is 5.01. The molecule has 11 nitrogen and oxygen atoms in total. The molecular weight excluding hydrogens is 428 g/mol. The van der Waals surface area contributed by atoms with Gasteiger partial charge in [-0.3, -0.25) is 14.7 Å². The van der Waals surface area contributed by atoms with Crippen LogP contribution in [0.4, 0.5) is 5.95 Å². The summed E-state index contributed by atoms with van der Waals surface area (Å²) in [6.07, 6.45) is 1.34. The molecule has 0 bridgehead atoms. The van der Waals surface area contributed by atoms with Gasteiger partial charge in [0.1, 0.15) is 0 Å². The molecule has 1 saturated heterocycles. The first-order valence-electron chi connectivity index (χ1n) is 10.6. The molecule has 174 valence electrons. The molecule has 33 heavy (non-hydrogen) atoms. The van der Waals surface area contributed by atoms with Gasteiger partial charge in [-0.25, -0.2) is 0 Å². The van der Waals surface area contributed by atoms with E-state index in [0.29, 0.717) is 31.5 Å². The first-order valence-corrected chi connectivity index (χ1v) is 10.6. The number of aliphatic hydroxyl groups is 1. The summed E-state index contributed by atoms with van der Waals surface area (Å²) >= 11 is 0. The molecule has 5 rings (SSSR count). The number of aromatic nitrogens is 4. The van der Waals surface area contributed by atoms with E-state index >= 15 is 0 Å². The van der Waals surface area contributed by atoms with Gasteiger partial charge in [0.05, 0.1) is 12.5 Å². The fraction of sp³-hybridized carbons (Fsp3) is 0.409. The van der Waals surface area contributed by atoms with Crippen LogP contribution in [0.3, 0.4) is 0 Å². The number of benzene rings is 1. The largest absolute Gasteiger partial charge is 0.483 e. The van der Waals surface area contributed by atoms with Gasteiger partial charge in [0.25, 0.3) is 12.4 Å². The van der Waals surface area contributed by atoms with Crippen LogP contribution < -0.4 is 10.2 Å². The Bertz CT molecular complexity index is 1070. The number of nitrogens with one attached hydrogen (secondary N) is 2. The minimum atomic E-state index is -0.545. The summed E-state index contributed by atoms with van der Waals surface area (Å²) in [4.78, 5) is 27.0. The predicted octanol–water partition coefficient (Wildman–Crippen LogP) is 0.742. The van der Waals surface area contributed by atoms with Gasteiger partial charge in [-0.2, -0.15) is 10.1 Å². The van der Waals surface area contributed by atoms with Crippen LogP contribution in [0, 0.1) is 18.3 Å². The lowest BCUT2D eigenvalue weighted by Crippen LogP contribution is -2.31. The number of hydrogen-bond acceptors (Lipinski definition) is 8. The fourth-order valence-electron chi connectivity index (χ4n) is 5.01. The van der Waals surface area contributed by atoms with E-state index in [1.165, 1.54) is 5.56 Å². The van der Waals surface area contributed by atoms with Gasteiger partial charge in [-0.15, -0.1) is 0 Å². The van der Waals surface area contributed by atoms with Crippen molar-refractivity contribution in [3.63, 3.8) is 0 Å². The molecule has 4 atom stereocenters. The highest BCUT2D eigenvalue weighted by Gasteiger charge is 2.71. The van der Waals surface area contributed by atoms with Gasteiger partial charge in [0.15, 0.2) is 0 Å². The summed E-state index contributed by atoms with van der Waals surface area (Å²) in [6.45, 7) is 3.07. The van der Waals surface area contributed by atoms with E-state index in [9.17, 15) is 9.90 Å². The van der Waals surface area contributed by atoms with Gasteiger partial charge in [0.2, 0.25) is 11.8 Å². The molecule has 0 radical (unpaired) electrons. The molecule has 2 aromatic heterocycles. The molecule has 1 amide bonds. The van der Waals surface area contributed by atoms with Gasteiger partial charge >= 0.3 is 0 Å². The SMILES string of the molecule is Cc1nc(N2C[C@@H](O)[C@@]3(C2)[C@H](CNC(=O)Cc2ccn[nH]2)[C@H]3c2ccccc2)no1.O=CO. The van der Waals surface area contributed by atoms with Crippen molar-refractivity contribution in [1.82, 2.24) is 25.7 Å². The highest BCUT2D eigenvalue weighted by atomic mass is 16.5. The Morgan fingerprint density at radius 1 is 1.36 bits per heavy atom. The quantitative estimate of drug-likeness (QED) is 0.394. The Morgan fingerprint density at radius 2 is 2.12 bits per heavy atom. The second-order valence-corrected chi connectivity index (χ2v) is 8.29. The minimum absolute atomic E-state index is 0.0637. The summed E-state index contributed by atoms with van der Waals surface area (Å²) in [7, 11) is 0. The zero-order valence-electron chi connectivity index (χ0n) is 18.1. The third-order valence-electron chi connectivity index (χ3n) is 6.43. The smallest absolute Gasteiger partial charge is 0.290 e. The number of nitrogens with zero attached hydrogens (tertiary/aromatic N) is 4. The number of H-pyrrole nitrogens is 1. The zero-order chi connectivity index (χ0) is 23.4. The highest BCUT2D eigenvalue weighted by molar-refractivity contribution is 5.78. The number of rotatable bonds is 6. The van der Waals surface area contributed by atoms with E-state index in [0.717, 1.165) is 5.69 Å². The van der Waals surface area contributed by atoms with Crippen LogP contribution in [0.15, 0.2) is 47.1 Å². The number of anilines is 1. The second-order valence-electron chi connectivity index (χ2n) is 8.29. The van der Waals surface area contributed by atoms with Crippen molar-refractivity contribution >= 4 is 18.3 Å². The van der Waals surface area contributed by atoms with Crippen LogP contribution in [-0.4, -0.2) is 68.7 Å². The highest BCUT2D eigenvalue weighted by Crippen LogP contribution is 2.68. The van der Waals surface area contributed by atoms with Crippen LogP contribution in [0.5, 0.6) is 0 Å². The number of carboxylic acid groups (broad SMARTS) is 1. The number of aliphatic hydroxyl groups excluding tert-OH is 1. The standard InChI is InChI=1S/C21H24N6O3.CH2O2/c1-13-24-20(26-30-13)27-11-17(28)21(12-27)16(19(21)14-5-3-2-4-6-14)10-22-18(29)9-15-7-8-23-25-15;2-1-3/h2-8,16-17,19,28H,9-12H2,1H3,(H,22,29)(H,23,25);1H,(H,2,3)/t16-,17-,19-,21-;/m1./s1. The van der Waals surface area contributed by atoms with Gasteiger partial charge in [-0.1, -0.05) is 30.3 Å². The predicted molar refractivity (Wildman–Crippen MR) is 116 cm³/mol. The third kappa shape index (κ3) is 4.44. The van der Waals surface area contributed by atoms with Crippen LogP contribution in [0.2, 0.25) is 0 Å². The molecule has 11 heteroatoms. The number of carbonyl (C=O) groups excluding carboxylic acids is 1. The first-order chi connectivity index (χ1) is 16.0. The molecule has 1 saturated carbocycles. The number of aryl methyl sites for hydroxylation is 1. The lowest BCUT2D eigenvalue weighted by molar-refractivity contribution is -0.123. The first kappa shape index (κ1) is 22.5. The topological polar surface area (TPSA) is 157 Å². The Labute approximate surface area is 189 Å². The Hall–Kier alpha value is -3.73. The number of hydrogen-bond donors (Lipinski definition) is 4. The van der Waals surface area contributed by atoms with E-state index in [1.807, 2.05) is 23.1 Å². The molecule has 3 heterocycles. The van der Waals surface area contributed by atoms with Crippen LogP contribution in [0.1, 0.15) is 23.1 Å². The number of amides is 1. The molecule has 3 aromatic rings. The summed E-state index contributed by atoms with van der Waals surface area (Å²) in [6, 6.07) is 12.0. The van der Waals surface area contributed by atoms with Gasteiger partial charge < -0.3 is 25.0 Å². The molecule has 1 aliphatic heterocycles. The molecule has 0 unspecified atom stereocenters. The summed E-state index contributed by atoms with van der Waals surface area (Å²) < 4.78 is 5.12. The van der Waals surface area contributed by atoms with Crippen molar-refractivity contribution in [2.45, 2.75) is 25.4 Å². The number of carbonyl (C=O) groups is 2. The Kier molecular flexibility index (Phi) is 6.40. The maximum atomic E-state index is 12.4. The van der Waals surface area contributed by atoms with E-state index in [-0.39, 0.29) is 36.1 Å². The van der Waals surface area contributed by atoms with Crippen LogP contribution in [0.25, 0.3) is 0 Å². The van der Waals surface area contributed by atoms with Crippen LogP contribution >= 0.6 is 0 Å². The number of aromatic amines is 1. The normalized spacial score (nSPS) is 25.4. The zero-order valence-corrected chi connectivity index (χ0v) is 18.1. The van der Waals surface area contributed by atoms with E-state index in [4.69, 9.17) is 14.4 Å².